The quantitative estimate of drug-likeness (QED) is 0.683. The summed E-state index contributed by atoms with van der Waals surface area (Å²) in [6, 6.07) is 9.20. The largest absolute Gasteiger partial charge is 0.493 e. The molecule has 0 bridgehead atoms. The van der Waals surface area contributed by atoms with E-state index in [1.807, 2.05) is 45.0 Å². The number of hydrogen-bond donors (Lipinski definition) is 1. The first-order valence-corrected chi connectivity index (χ1v) is 8.90. The summed E-state index contributed by atoms with van der Waals surface area (Å²) < 4.78 is 16.3. The number of carbonyl (C=O) groups is 1. The van der Waals surface area contributed by atoms with Gasteiger partial charge in [-0.2, -0.15) is 0 Å². The van der Waals surface area contributed by atoms with Crippen LogP contribution in [0, 0.1) is 0 Å². The number of hydrogen-bond acceptors (Lipinski definition) is 5. The third-order valence-electron chi connectivity index (χ3n) is 3.54. The summed E-state index contributed by atoms with van der Waals surface area (Å²) in [7, 11) is 1.59. The molecule has 1 N–H and O–H groups in total. The lowest BCUT2D eigenvalue weighted by Gasteiger charge is -2.09. The first kappa shape index (κ1) is 20.3. The van der Waals surface area contributed by atoms with E-state index in [0.717, 1.165) is 11.1 Å². The smallest absolute Gasteiger partial charge is 0.244 e. The highest BCUT2D eigenvalue weighted by molar-refractivity contribution is 5.91. The van der Waals surface area contributed by atoms with E-state index < -0.39 is 0 Å². The van der Waals surface area contributed by atoms with Crippen molar-refractivity contribution in [3.8, 4) is 17.4 Å². The number of aromatic nitrogens is 1. The van der Waals surface area contributed by atoms with Crippen molar-refractivity contribution in [3.05, 3.63) is 53.7 Å². The number of ether oxygens (including phenoxy) is 3. The van der Waals surface area contributed by atoms with E-state index in [-0.39, 0.29) is 12.0 Å². The van der Waals surface area contributed by atoms with Crippen LogP contribution in [-0.4, -0.2) is 30.7 Å². The Kier molecular flexibility index (Phi) is 7.67. The zero-order chi connectivity index (χ0) is 19.6. The molecule has 1 heterocycles. The van der Waals surface area contributed by atoms with Gasteiger partial charge in [0.05, 0.1) is 19.8 Å². The second kappa shape index (κ2) is 10.2. The third-order valence-corrected chi connectivity index (χ3v) is 3.54. The maximum absolute atomic E-state index is 12.0. The first-order valence-electron chi connectivity index (χ1n) is 8.90. The molecule has 0 fully saturated rings. The van der Waals surface area contributed by atoms with Crippen LogP contribution < -0.4 is 19.5 Å². The minimum absolute atomic E-state index is 0.0782. The fourth-order valence-corrected chi connectivity index (χ4v) is 2.31. The molecule has 0 aliphatic carbocycles. The summed E-state index contributed by atoms with van der Waals surface area (Å²) >= 11 is 0. The lowest BCUT2D eigenvalue weighted by molar-refractivity contribution is -0.116. The predicted octanol–water partition coefficient (Wildman–Crippen LogP) is 3.61. The van der Waals surface area contributed by atoms with E-state index in [2.05, 4.69) is 10.3 Å². The van der Waals surface area contributed by atoms with E-state index in [1.54, 1.807) is 25.4 Å². The van der Waals surface area contributed by atoms with Gasteiger partial charge in [0, 0.05) is 24.9 Å². The van der Waals surface area contributed by atoms with Crippen LogP contribution in [0.1, 0.15) is 31.9 Å². The molecule has 144 valence electrons. The van der Waals surface area contributed by atoms with Gasteiger partial charge in [0.15, 0.2) is 11.5 Å². The van der Waals surface area contributed by atoms with E-state index in [1.165, 1.54) is 6.08 Å². The van der Waals surface area contributed by atoms with Gasteiger partial charge in [0.1, 0.15) is 0 Å². The molecule has 0 aliphatic rings. The van der Waals surface area contributed by atoms with Gasteiger partial charge in [0.2, 0.25) is 11.8 Å². The van der Waals surface area contributed by atoms with Crippen LogP contribution in [0.3, 0.4) is 0 Å². The average molecular weight is 370 g/mol. The van der Waals surface area contributed by atoms with Crippen molar-refractivity contribution in [3.63, 3.8) is 0 Å². The summed E-state index contributed by atoms with van der Waals surface area (Å²) in [6.45, 7) is 6.76. The number of nitrogens with zero attached hydrogens (tertiary/aromatic N) is 1. The van der Waals surface area contributed by atoms with Gasteiger partial charge in [-0.3, -0.25) is 4.79 Å². The normalized spacial score (nSPS) is 10.9. The van der Waals surface area contributed by atoms with Gasteiger partial charge in [-0.15, -0.1) is 0 Å². The predicted molar refractivity (Wildman–Crippen MR) is 105 cm³/mol. The maximum atomic E-state index is 12.0. The fourth-order valence-electron chi connectivity index (χ4n) is 2.31. The van der Waals surface area contributed by atoms with Crippen molar-refractivity contribution in [1.82, 2.24) is 10.3 Å². The summed E-state index contributed by atoms with van der Waals surface area (Å²) in [5.41, 5.74) is 1.75. The first-order chi connectivity index (χ1) is 13.0. The molecule has 6 nitrogen and oxygen atoms in total. The highest BCUT2D eigenvalue weighted by Crippen LogP contribution is 2.28. The van der Waals surface area contributed by atoms with Crippen LogP contribution in [0.25, 0.3) is 6.08 Å². The lowest BCUT2D eigenvalue weighted by Crippen LogP contribution is -2.20. The molecule has 2 rings (SSSR count). The molecule has 6 heteroatoms. The van der Waals surface area contributed by atoms with Crippen molar-refractivity contribution in [2.45, 2.75) is 33.4 Å². The summed E-state index contributed by atoms with van der Waals surface area (Å²) in [5, 5.41) is 2.83. The number of pyridine rings is 1. The van der Waals surface area contributed by atoms with E-state index in [0.29, 0.717) is 30.5 Å². The number of methoxy groups -OCH3 is 1. The second-order valence-electron chi connectivity index (χ2n) is 6.07. The number of carbonyl (C=O) groups excluding carboxylic acids is 1. The van der Waals surface area contributed by atoms with E-state index >= 15 is 0 Å². The Labute approximate surface area is 160 Å². The van der Waals surface area contributed by atoms with Gasteiger partial charge < -0.3 is 19.5 Å². The van der Waals surface area contributed by atoms with Crippen LogP contribution >= 0.6 is 0 Å². The molecule has 0 spiro atoms. The Morgan fingerprint density at radius 3 is 2.67 bits per heavy atom. The lowest BCUT2D eigenvalue weighted by atomic mass is 10.2. The summed E-state index contributed by atoms with van der Waals surface area (Å²) in [4.78, 5) is 16.2. The van der Waals surface area contributed by atoms with Crippen LogP contribution in [0.5, 0.6) is 17.4 Å². The topological polar surface area (TPSA) is 69.7 Å². The van der Waals surface area contributed by atoms with Crippen molar-refractivity contribution in [1.29, 1.82) is 0 Å². The van der Waals surface area contributed by atoms with Crippen LogP contribution in [0.4, 0.5) is 0 Å². The SMILES string of the molecule is CCOc1ccc(/C=C/C(=O)NCc2ccc(OC(C)C)nc2)cc1OC. The molecule has 0 aliphatic heterocycles. The molecular formula is C21H26N2O4. The van der Waals surface area contributed by atoms with Crippen LogP contribution in [0.15, 0.2) is 42.6 Å². The summed E-state index contributed by atoms with van der Waals surface area (Å²) in [5.74, 6) is 1.70. The van der Waals surface area contributed by atoms with Crippen LogP contribution in [-0.2, 0) is 11.3 Å². The van der Waals surface area contributed by atoms with E-state index in [4.69, 9.17) is 14.2 Å². The molecule has 27 heavy (non-hydrogen) atoms. The second-order valence-corrected chi connectivity index (χ2v) is 6.07. The van der Waals surface area contributed by atoms with E-state index in [9.17, 15) is 4.79 Å². The third kappa shape index (κ3) is 6.66. The minimum Gasteiger partial charge on any atom is -0.493 e. The van der Waals surface area contributed by atoms with Crippen molar-refractivity contribution >= 4 is 12.0 Å². The monoisotopic (exact) mass is 370 g/mol. The van der Waals surface area contributed by atoms with Gasteiger partial charge in [0.25, 0.3) is 0 Å². The minimum atomic E-state index is -0.189. The molecular weight excluding hydrogens is 344 g/mol. The Morgan fingerprint density at radius 1 is 1.22 bits per heavy atom. The zero-order valence-electron chi connectivity index (χ0n) is 16.2. The van der Waals surface area contributed by atoms with Crippen molar-refractivity contribution < 1.29 is 19.0 Å². The molecule has 0 radical (unpaired) electrons. The molecule has 2 aromatic rings. The molecule has 0 saturated heterocycles. The Morgan fingerprint density at radius 2 is 2.04 bits per heavy atom. The fraction of sp³-hybridized carbons (Fsp3) is 0.333. The molecule has 1 amide bonds. The number of rotatable bonds is 9. The van der Waals surface area contributed by atoms with Gasteiger partial charge >= 0.3 is 0 Å². The standard InChI is InChI=1S/C21H26N2O4/c1-5-26-18-9-6-16(12-19(18)25-4)7-10-20(24)22-13-17-8-11-21(23-14-17)27-15(2)3/h6-12,14-15H,5,13H2,1-4H3,(H,22,24)/b10-7+. The summed E-state index contributed by atoms with van der Waals surface area (Å²) in [6.07, 6.45) is 4.98. The van der Waals surface area contributed by atoms with Gasteiger partial charge in [-0.25, -0.2) is 4.98 Å². The number of amides is 1. The molecule has 1 aromatic carbocycles. The highest BCUT2D eigenvalue weighted by Gasteiger charge is 2.05. The Balaban J connectivity index is 1.89. The molecule has 0 atom stereocenters. The van der Waals surface area contributed by atoms with Crippen molar-refractivity contribution in [2.24, 2.45) is 0 Å². The van der Waals surface area contributed by atoms with Crippen LogP contribution in [0.2, 0.25) is 0 Å². The Hall–Kier alpha value is -3.02. The maximum Gasteiger partial charge on any atom is 0.244 e. The molecule has 0 saturated carbocycles. The van der Waals surface area contributed by atoms with Crippen molar-refractivity contribution in [2.75, 3.05) is 13.7 Å². The van der Waals surface area contributed by atoms with Gasteiger partial charge in [-0.05, 0) is 50.1 Å². The Bertz CT molecular complexity index is 770. The zero-order valence-corrected chi connectivity index (χ0v) is 16.2. The molecule has 1 aromatic heterocycles. The highest BCUT2D eigenvalue weighted by atomic mass is 16.5. The number of benzene rings is 1. The number of nitrogens with one attached hydrogen (secondary N) is 1. The average Bonchev–Trinajstić information content (AvgIpc) is 2.66. The van der Waals surface area contributed by atoms with Gasteiger partial charge in [-0.1, -0.05) is 12.1 Å². The molecule has 0 unspecified atom stereocenters.